The molecule has 1 fully saturated rings. The van der Waals surface area contributed by atoms with E-state index in [4.69, 9.17) is 9.15 Å². The number of amides is 1. The van der Waals surface area contributed by atoms with Gasteiger partial charge in [-0.1, -0.05) is 24.3 Å². The van der Waals surface area contributed by atoms with Crippen LogP contribution in [0.25, 0.3) is 16.0 Å². The number of aryl methyl sites for hydroxylation is 2. The number of methoxy groups -OCH3 is 1. The van der Waals surface area contributed by atoms with Crippen LogP contribution in [-0.2, 0) is 16.0 Å². The summed E-state index contributed by atoms with van der Waals surface area (Å²) in [7, 11) is 1.54. The van der Waals surface area contributed by atoms with Crippen molar-refractivity contribution in [1.29, 1.82) is 0 Å². The third kappa shape index (κ3) is 3.56. The summed E-state index contributed by atoms with van der Waals surface area (Å²) in [5, 5.41) is 11.5. The summed E-state index contributed by atoms with van der Waals surface area (Å²) in [6.07, 6.45) is 0.876. The largest absolute Gasteiger partial charge is 0.507 e. The van der Waals surface area contributed by atoms with Gasteiger partial charge in [-0.3, -0.25) is 14.5 Å². The molecule has 3 heterocycles. The van der Waals surface area contributed by atoms with Crippen LogP contribution in [0.2, 0.25) is 0 Å². The molecule has 8 heteroatoms. The van der Waals surface area contributed by atoms with Crippen LogP contribution in [0.3, 0.4) is 0 Å². The number of thiazole rings is 1. The van der Waals surface area contributed by atoms with Gasteiger partial charge in [-0.15, -0.1) is 0 Å². The smallest absolute Gasteiger partial charge is 0.302 e. The molecule has 172 valence electrons. The maximum Gasteiger partial charge on any atom is 0.302 e. The fourth-order valence-corrected chi connectivity index (χ4v) is 5.14. The molecule has 1 unspecified atom stereocenters. The Morgan fingerprint density at radius 2 is 1.91 bits per heavy atom. The molecule has 0 saturated carbocycles. The first kappa shape index (κ1) is 21.9. The topological polar surface area (TPSA) is 92.9 Å². The summed E-state index contributed by atoms with van der Waals surface area (Å²) < 4.78 is 11.9. The molecule has 4 aromatic rings. The van der Waals surface area contributed by atoms with E-state index in [1.165, 1.54) is 16.2 Å². The van der Waals surface area contributed by atoms with Gasteiger partial charge in [0.25, 0.3) is 5.78 Å². The van der Waals surface area contributed by atoms with Crippen molar-refractivity contribution < 1.29 is 23.8 Å². The number of Topliss-reactive ketones (excluding diaryl/α,β-unsaturated/α-hetero) is 1. The quantitative estimate of drug-likeness (QED) is 0.237. The lowest BCUT2D eigenvalue weighted by atomic mass is 9.99. The predicted octanol–water partition coefficient (Wildman–Crippen LogP) is 5.40. The number of hydrogen-bond acceptors (Lipinski definition) is 7. The maximum absolute atomic E-state index is 13.3. The number of aliphatic hydroxyl groups is 1. The first-order chi connectivity index (χ1) is 16.4. The third-order valence-corrected chi connectivity index (χ3v) is 6.91. The number of carbonyl (C=O) groups is 2. The van der Waals surface area contributed by atoms with Gasteiger partial charge in [0.05, 0.1) is 22.9 Å². The summed E-state index contributed by atoms with van der Waals surface area (Å²) in [5.74, 6) is -0.222. The minimum absolute atomic E-state index is 0.0435. The minimum Gasteiger partial charge on any atom is -0.507 e. The Morgan fingerprint density at radius 1 is 1.15 bits per heavy atom. The van der Waals surface area contributed by atoms with Gasteiger partial charge in [0.1, 0.15) is 29.1 Å². The number of carbonyl (C=O) groups excluding carboxylic acids is 2. The van der Waals surface area contributed by atoms with Gasteiger partial charge >= 0.3 is 5.91 Å². The second kappa shape index (κ2) is 8.46. The van der Waals surface area contributed by atoms with E-state index in [9.17, 15) is 14.7 Å². The highest BCUT2D eigenvalue weighted by molar-refractivity contribution is 7.22. The first-order valence-electron chi connectivity index (χ1n) is 10.8. The van der Waals surface area contributed by atoms with Crippen molar-refractivity contribution in [2.24, 2.45) is 0 Å². The Kier molecular flexibility index (Phi) is 5.45. The summed E-state index contributed by atoms with van der Waals surface area (Å²) in [4.78, 5) is 32.5. The average molecular weight is 475 g/mol. The highest BCUT2D eigenvalue weighted by Gasteiger charge is 2.49. The van der Waals surface area contributed by atoms with Crippen LogP contribution in [0.15, 0.2) is 64.6 Å². The van der Waals surface area contributed by atoms with Crippen LogP contribution in [0.1, 0.15) is 35.6 Å². The number of ether oxygens (including phenoxy) is 1. The number of rotatable bonds is 5. The van der Waals surface area contributed by atoms with E-state index in [0.29, 0.717) is 28.0 Å². The zero-order valence-electron chi connectivity index (χ0n) is 18.9. The van der Waals surface area contributed by atoms with Crippen molar-refractivity contribution in [3.63, 3.8) is 0 Å². The van der Waals surface area contributed by atoms with Crippen LogP contribution >= 0.6 is 11.3 Å². The molecule has 1 aliphatic heterocycles. The van der Waals surface area contributed by atoms with E-state index in [1.54, 1.807) is 50.4 Å². The molecule has 0 spiro atoms. The van der Waals surface area contributed by atoms with Gasteiger partial charge in [-0.05, 0) is 67.4 Å². The lowest BCUT2D eigenvalue weighted by Gasteiger charge is -2.20. The Morgan fingerprint density at radius 3 is 2.56 bits per heavy atom. The normalized spacial score (nSPS) is 17.6. The molecule has 0 radical (unpaired) electrons. The highest BCUT2D eigenvalue weighted by Crippen LogP contribution is 2.44. The molecule has 1 aliphatic rings. The average Bonchev–Trinajstić information content (AvgIpc) is 3.54. The zero-order chi connectivity index (χ0) is 24.0. The fraction of sp³-hybridized carbons (Fsp3) is 0.192. The van der Waals surface area contributed by atoms with E-state index in [-0.39, 0.29) is 11.3 Å². The molecule has 5 rings (SSSR count). The van der Waals surface area contributed by atoms with Crippen molar-refractivity contribution >= 4 is 44.1 Å². The van der Waals surface area contributed by atoms with Crippen molar-refractivity contribution in [2.75, 3.05) is 12.0 Å². The standard InChI is InChI=1S/C26H22N2O5S/c1-4-15-6-11-18-20(13-15)34-26(27-18)28-22(19-12-5-14(2)33-19)21(24(30)25(28)31)23(29)16-7-9-17(32-3)10-8-16/h5-13,22,29H,4H2,1-3H3/b23-21+. The summed E-state index contributed by atoms with van der Waals surface area (Å²) in [6.45, 7) is 3.85. The predicted molar refractivity (Wildman–Crippen MR) is 130 cm³/mol. The van der Waals surface area contributed by atoms with E-state index in [0.717, 1.165) is 22.2 Å². The third-order valence-electron chi connectivity index (χ3n) is 5.89. The maximum atomic E-state index is 13.3. The van der Waals surface area contributed by atoms with Crippen molar-refractivity contribution in [3.8, 4) is 5.75 Å². The zero-order valence-corrected chi connectivity index (χ0v) is 19.7. The SMILES string of the molecule is CCc1ccc2nc(N3C(=O)C(=O)/C(=C(/O)c4ccc(OC)cc4)C3c3ccc(C)o3)sc2c1. The molecule has 1 N–H and O–H groups in total. The van der Waals surface area contributed by atoms with Crippen molar-refractivity contribution in [2.45, 2.75) is 26.3 Å². The van der Waals surface area contributed by atoms with Crippen LogP contribution in [0.5, 0.6) is 5.75 Å². The Bertz CT molecular complexity index is 1450. The molecular formula is C26H22N2O5S. The lowest BCUT2D eigenvalue weighted by Crippen LogP contribution is -2.29. The number of aliphatic hydroxyl groups excluding tert-OH is 1. The highest BCUT2D eigenvalue weighted by atomic mass is 32.1. The molecule has 1 saturated heterocycles. The number of hydrogen-bond donors (Lipinski definition) is 1. The monoisotopic (exact) mass is 474 g/mol. The number of nitrogens with zero attached hydrogens (tertiary/aromatic N) is 2. The Hall–Kier alpha value is -3.91. The second-order valence-corrected chi connectivity index (χ2v) is 9.01. The number of ketones is 1. The molecule has 1 amide bonds. The Balaban J connectivity index is 1.68. The molecule has 34 heavy (non-hydrogen) atoms. The molecule has 1 atom stereocenters. The molecule has 7 nitrogen and oxygen atoms in total. The van der Waals surface area contributed by atoms with Crippen LogP contribution in [0, 0.1) is 6.92 Å². The van der Waals surface area contributed by atoms with Crippen LogP contribution < -0.4 is 9.64 Å². The second-order valence-electron chi connectivity index (χ2n) is 8.00. The van der Waals surface area contributed by atoms with E-state index in [1.807, 2.05) is 18.2 Å². The summed E-state index contributed by atoms with van der Waals surface area (Å²) >= 11 is 1.33. The number of fused-ring (bicyclic) bond motifs is 1. The minimum atomic E-state index is -0.943. The lowest BCUT2D eigenvalue weighted by molar-refractivity contribution is -0.132. The van der Waals surface area contributed by atoms with Crippen molar-refractivity contribution in [3.05, 3.63) is 82.8 Å². The Labute approximate surface area is 199 Å². The van der Waals surface area contributed by atoms with Gasteiger partial charge in [-0.25, -0.2) is 4.98 Å². The number of anilines is 1. The fourth-order valence-electron chi connectivity index (χ4n) is 4.08. The molecule has 2 aromatic carbocycles. The molecule has 0 aliphatic carbocycles. The van der Waals surface area contributed by atoms with Gasteiger partial charge in [0.2, 0.25) is 0 Å². The summed E-state index contributed by atoms with van der Waals surface area (Å²) in [6, 6.07) is 15.1. The number of aromatic nitrogens is 1. The van der Waals surface area contributed by atoms with Crippen LogP contribution in [0.4, 0.5) is 5.13 Å². The summed E-state index contributed by atoms with van der Waals surface area (Å²) in [5.41, 5.74) is 2.24. The number of benzene rings is 2. The van der Waals surface area contributed by atoms with Crippen LogP contribution in [-0.4, -0.2) is 28.9 Å². The van der Waals surface area contributed by atoms with Crippen molar-refractivity contribution in [1.82, 2.24) is 4.98 Å². The van der Waals surface area contributed by atoms with Gasteiger partial charge < -0.3 is 14.3 Å². The number of furan rings is 1. The molecule has 2 aromatic heterocycles. The van der Waals surface area contributed by atoms with E-state index in [2.05, 4.69) is 11.9 Å². The van der Waals surface area contributed by atoms with E-state index >= 15 is 0 Å². The first-order valence-corrected chi connectivity index (χ1v) is 11.6. The molecular weight excluding hydrogens is 452 g/mol. The van der Waals surface area contributed by atoms with Gasteiger partial charge in [-0.2, -0.15) is 0 Å². The van der Waals surface area contributed by atoms with Gasteiger partial charge in [0.15, 0.2) is 5.13 Å². The molecule has 0 bridgehead atoms. The van der Waals surface area contributed by atoms with E-state index < -0.39 is 17.7 Å². The van der Waals surface area contributed by atoms with Gasteiger partial charge in [0, 0.05) is 5.56 Å².